The van der Waals surface area contributed by atoms with Gasteiger partial charge in [0.2, 0.25) is 0 Å². The van der Waals surface area contributed by atoms with Gasteiger partial charge in [-0.1, -0.05) is 13.8 Å². The Kier molecular flexibility index (Phi) is 5.12. The molecule has 1 aromatic heterocycles. The van der Waals surface area contributed by atoms with Gasteiger partial charge < -0.3 is 10.1 Å². The number of ether oxygens (including phenoxy) is 1. The van der Waals surface area contributed by atoms with Crippen LogP contribution in [-0.2, 0) is 6.42 Å². The molecule has 3 nitrogen and oxygen atoms in total. The minimum absolute atomic E-state index is 0.690. The van der Waals surface area contributed by atoms with Crippen LogP contribution in [0.2, 0.25) is 0 Å². The van der Waals surface area contributed by atoms with Gasteiger partial charge in [-0.05, 0) is 24.6 Å². The fraction of sp³-hybridized carbons (Fsp3) is 0.583. The zero-order chi connectivity index (χ0) is 11.1. The molecule has 84 valence electrons. The van der Waals surface area contributed by atoms with Gasteiger partial charge in [0.25, 0.3) is 0 Å². The van der Waals surface area contributed by atoms with Gasteiger partial charge in [-0.15, -0.1) is 0 Å². The lowest BCUT2D eigenvalue weighted by Gasteiger charge is -2.09. The zero-order valence-corrected chi connectivity index (χ0v) is 9.79. The number of hydrogen-bond donors (Lipinski definition) is 1. The zero-order valence-electron chi connectivity index (χ0n) is 9.79. The maximum atomic E-state index is 5.23. The van der Waals surface area contributed by atoms with Crippen molar-refractivity contribution in [1.29, 1.82) is 0 Å². The molecule has 0 radical (unpaired) electrons. The fourth-order valence-electron chi connectivity index (χ4n) is 1.39. The molecule has 0 bridgehead atoms. The van der Waals surface area contributed by atoms with Crippen molar-refractivity contribution >= 4 is 0 Å². The molecule has 0 aromatic carbocycles. The van der Waals surface area contributed by atoms with E-state index in [1.54, 1.807) is 13.3 Å². The van der Waals surface area contributed by atoms with E-state index in [9.17, 15) is 0 Å². The summed E-state index contributed by atoms with van der Waals surface area (Å²) in [5.74, 6) is 1.57. The van der Waals surface area contributed by atoms with Crippen molar-refractivity contribution in [2.45, 2.75) is 20.3 Å². The smallest absolute Gasteiger partial charge is 0.140 e. The van der Waals surface area contributed by atoms with Gasteiger partial charge in [0.15, 0.2) is 0 Å². The highest BCUT2D eigenvalue weighted by Gasteiger charge is 2.02. The topological polar surface area (TPSA) is 34.1 Å². The molecule has 0 fully saturated rings. The Labute approximate surface area is 91.9 Å². The molecule has 0 amide bonds. The van der Waals surface area contributed by atoms with E-state index in [4.69, 9.17) is 4.74 Å². The molecule has 0 spiro atoms. The monoisotopic (exact) mass is 208 g/mol. The van der Waals surface area contributed by atoms with Crippen molar-refractivity contribution in [3.63, 3.8) is 0 Å². The summed E-state index contributed by atoms with van der Waals surface area (Å²) < 4.78 is 5.23. The molecule has 1 heterocycles. The van der Waals surface area contributed by atoms with Gasteiger partial charge in [0, 0.05) is 19.2 Å². The van der Waals surface area contributed by atoms with E-state index < -0.39 is 0 Å². The second kappa shape index (κ2) is 6.40. The molecule has 0 unspecified atom stereocenters. The van der Waals surface area contributed by atoms with Gasteiger partial charge in [-0.25, -0.2) is 0 Å². The van der Waals surface area contributed by atoms with Gasteiger partial charge in [-0.2, -0.15) is 0 Å². The lowest BCUT2D eigenvalue weighted by molar-refractivity contribution is 0.405. The average molecular weight is 208 g/mol. The van der Waals surface area contributed by atoms with Crippen LogP contribution in [0.25, 0.3) is 0 Å². The van der Waals surface area contributed by atoms with E-state index >= 15 is 0 Å². The molecule has 1 aromatic rings. The second-order valence-electron chi connectivity index (χ2n) is 4.00. The average Bonchev–Trinajstić information content (AvgIpc) is 2.24. The van der Waals surface area contributed by atoms with Crippen LogP contribution in [0.5, 0.6) is 5.75 Å². The number of nitrogens with one attached hydrogen (secondary N) is 1. The molecule has 0 aliphatic heterocycles. The highest BCUT2D eigenvalue weighted by molar-refractivity contribution is 5.26. The maximum Gasteiger partial charge on any atom is 0.140 e. The van der Waals surface area contributed by atoms with Crippen molar-refractivity contribution in [2.24, 2.45) is 5.92 Å². The predicted molar refractivity (Wildman–Crippen MR) is 62.2 cm³/mol. The summed E-state index contributed by atoms with van der Waals surface area (Å²) in [6.07, 6.45) is 2.72. The molecule has 0 aliphatic rings. The SMILES string of the molecule is COc1cccnc1CCNCC(C)C. The Hall–Kier alpha value is -1.09. The van der Waals surface area contributed by atoms with Crippen molar-refractivity contribution in [2.75, 3.05) is 20.2 Å². The number of methoxy groups -OCH3 is 1. The Balaban J connectivity index is 2.36. The van der Waals surface area contributed by atoms with Gasteiger partial charge >= 0.3 is 0 Å². The normalized spacial score (nSPS) is 10.7. The fourth-order valence-corrected chi connectivity index (χ4v) is 1.39. The number of rotatable bonds is 6. The van der Waals surface area contributed by atoms with E-state index in [1.165, 1.54) is 0 Å². The summed E-state index contributed by atoms with van der Waals surface area (Å²) in [4.78, 5) is 4.30. The molecule has 0 aliphatic carbocycles. The van der Waals surface area contributed by atoms with Crippen LogP contribution in [0.1, 0.15) is 19.5 Å². The minimum Gasteiger partial charge on any atom is -0.495 e. The lowest BCUT2D eigenvalue weighted by Crippen LogP contribution is -2.22. The van der Waals surface area contributed by atoms with Crippen LogP contribution < -0.4 is 10.1 Å². The maximum absolute atomic E-state index is 5.23. The third-order valence-corrected chi connectivity index (χ3v) is 2.16. The Morgan fingerprint density at radius 2 is 2.27 bits per heavy atom. The first-order chi connectivity index (χ1) is 7.24. The standard InChI is InChI=1S/C12H20N2O/c1-10(2)9-13-8-6-11-12(15-3)5-4-7-14-11/h4-5,7,10,13H,6,8-9H2,1-3H3. The van der Waals surface area contributed by atoms with E-state index in [0.29, 0.717) is 5.92 Å². The summed E-state index contributed by atoms with van der Waals surface area (Å²) in [7, 11) is 1.68. The quantitative estimate of drug-likeness (QED) is 0.725. The Morgan fingerprint density at radius 3 is 2.93 bits per heavy atom. The van der Waals surface area contributed by atoms with E-state index in [0.717, 1.165) is 31.0 Å². The molecular formula is C12H20N2O. The highest BCUT2D eigenvalue weighted by atomic mass is 16.5. The van der Waals surface area contributed by atoms with Crippen LogP contribution in [0, 0.1) is 5.92 Å². The lowest BCUT2D eigenvalue weighted by atomic mass is 10.2. The largest absolute Gasteiger partial charge is 0.495 e. The molecule has 0 atom stereocenters. The van der Waals surface area contributed by atoms with Crippen LogP contribution in [-0.4, -0.2) is 25.2 Å². The third kappa shape index (κ3) is 4.30. The first-order valence-electron chi connectivity index (χ1n) is 5.42. The van der Waals surface area contributed by atoms with Gasteiger partial charge in [0.1, 0.15) is 5.75 Å². The van der Waals surface area contributed by atoms with Crippen LogP contribution >= 0.6 is 0 Å². The summed E-state index contributed by atoms with van der Waals surface area (Å²) in [6.45, 7) is 6.41. The Morgan fingerprint density at radius 1 is 1.47 bits per heavy atom. The van der Waals surface area contributed by atoms with E-state index in [-0.39, 0.29) is 0 Å². The van der Waals surface area contributed by atoms with Crippen LogP contribution in [0.3, 0.4) is 0 Å². The molecule has 1 N–H and O–H groups in total. The summed E-state index contributed by atoms with van der Waals surface area (Å²) in [6, 6.07) is 3.84. The van der Waals surface area contributed by atoms with Gasteiger partial charge in [-0.3, -0.25) is 4.98 Å². The molecule has 1 rings (SSSR count). The van der Waals surface area contributed by atoms with Crippen molar-refractivity contribution in [1.82, 2.24) is 10.3 Å². The minimum atomic E-state index is 0.690. The molecular weight excluding hydrogens is 188 g/mol. The molecule has 0 saturated heterocycles. The summed E-state index contributed by atoms with van der Waals surface area (Å²) in [5, 5.41) is 3.39. The molecule has 0 saturated carbocycles. The van der Waals surface area contributed by atoms with Crippen LogP contribution in [0.15, 0.2) is 18.3 Å². The molecule has 15 heavy (non-hydrogen) atoms. The highest BCUT2D eigenvalue weighted by Crippen LogP contribution is 2.14. The predicted octanol–water partition coefficient (Wildman–Crippen LogP) is 1.88. The summed E-state index contributed by atoms with van der Waals surface area (Å²) in [5.41, 5.74) is 1.02. The van der Waals surface area contributed by atoms with E-state index in [1.807, 2.05) is 12.1 Å². The van der Waals surface area contributed by atoms with Crippen molar-refractivity contribution in [3.8, 4) is 5.75 Å². The first-order valence-corrected chi connectivity index (χ1v) is 5.42. The van der Waals surface area contributed by atoms with Crippen molar-refractivity contribution < 1.29 is 4.74 Å². The molecule has 3 heteroatoms. The first kappa shape index (κ1) is 12.0. The second-order valence-corrected chi connectivity index (χ2v) is 4.00. The van der Waals surface area contributed by atoms with Gasteiger partial charge in [0.05, 0.1) is 12.8 Å². The van der Waals surface area contributed by atoms with E-state index in [2.05, 4.69) is 24.1 Å². The van der Waals surface area contributed by atoms with Crippen LogP contribution in [0.4, 0.5) is 0 Å². The summed E-state index contributed by atoms with van der Waals surface area (Å²) >= 11 is 0. The third-order valence-electron chi connectivity index (χ3n) is 2.16. The Bertz CT molecular complexity index is 287. The van der Waals surface area contributed by atoms with Crippen molar-refractivity contribution in [3.05, 3.63) is 24.0 Å². The number of nitrogens with zero attached hydrogens (tertiary/aromatic N) is 1. The number of aromatic nitrogens is 1. The number of hydrogen-bond acceptors (Lipinski definition) is 3. The number of pyridine rings is 1.